The summed E-state index contributed by atoms with van der Waals surface area (Å²) in [6.45, 7) is 2.71. The molecule has 2 saturated heterocycles. The Morgan fingerprint density at radius 2 is 2.07 bits per heavy atom. The third-order valence-corrected chi connectivity index (χ3v) is 7.45. The zero-order chi connectivity index (χ0) is 19.3. The molecule has 1 aromatic carbocycles. The fourth-order valence-electron chi connectivity index (χ4n) is 5.78. The van der Waals surface area contributed by atoms with E-state index < -0.39 is 5.82 Å². The van der Waals surface area contributed by atoms with Crippen LogP contribution in [0.25, 0.3) is 10.9 Å². The fourth-order valence-corrected chi connectivity index (χ4v) is 5.78. The number of benzene rings is 1. The number of amides is 1. The van der Waals surface area contributed by atoms with Crippen molar-refractivity contribution in [3.8, 4) is 0 Å². The number of piperidine rings is 1. The second-order valence-corrected chi connectivity index (χ2v) is 8.66. The number of hydrogen-bond acceptors (Lipinski definition) is 4. The molecule has 1 saturated carbocycles. The van der Waals surface area contributed by atoms with Crippen molar-refractivity contribution >= 4 is 16.8 Å². The van der Waals surface area contributed by atoms with Gasteiger partial charge >= 0.3 is 0 Å². The first-order valence-corrected chi connectivity index (χ1v) is 10.4. The molecular formula is C21H27FN4O2. The highest BCUT2D eigenvalue weighted by Crippen LogP contribution is 2.50. The third kappa shape index (κ3) is 2.67. The van der Waals surface area contributed by atoms with Crippen LogP contribution in [0.15, 0.2) is 18.2 Å². The lowest BCUT2D eigenvalue weighted by molar-refractivity contribution is -0.0521. The first-order chi connectivity index (χ1) is 13.6. The van der Waals surface area contributed by atoms with Crippen molar-refractivity contribution in [2.24, 2.45) is 5.41 Å². The topological polar surface area (TPSA) is 72.5 Å². The largest absolute Gasteiger partial charge is 0.395 e. The zero-order valence-corrected chi connectivity index (χ0v) is 16.0. The summed E-state index contributed by atoms with van der Waals surface area (Å²) in [7, 11) is 0. The van der Waals surface area contributed by atoms with E-state index in [1.807, 2.05) is 4.90 Å². The minimum Gasteiger partial charge on any atom is -0.395 e. The number of aliphatic hydroxyl groups is 1. The first-order valence-electron chi connectivity index (χ1n) is 10.4. The van der Waals surface area contributed by atoms with Crippen molar-refractivity contribution in [2.45, 2.75) is 50.6 Å². The van der Waals surface area contributed by atoms with E-state index in [4.69, 9.17) is 0 Å². The predicted molar refractivity (Wildman–Crippen MR) is 103 cm³/mol. The number of carbonyl (C=O) groups excluding carboxylic acids is 1. The lowest BCUT2D eigenvalue weighted by atomic mass is 9.72. The van der Waals surface area contributed by atoms with Crippen LogP contribution in [0.4, 0.5) is 4.39 Å². The maximum Gasteiger partial charge on any atom is 0.275 e. The quantitative estimate of drug-likeness (QED) is 0.850. The number of rotatable bonds is 3. The molecule has 1 aromatic heterocycles. The summed E-state index contributed by atoms with van der Waals surface area (Å²) in [4.78, 5) is 17.4. The van der Waals surface area contributed by atoms with Gasteiger partial charge in [0.15, 0.2) is 5.69 Å². The molecule has 5 rings (SSSR count). The molecule has 28 heavy (non-hydrogen) atoms. The number of hydrogen-bond donors (Lipinski definition) is 2. The normalized spacial score (nSPS) is 27.4. The predicted octanol–water partition coefficient (Wildman–Crippen LogP) is 2.54. The monoisotopic (exact) mass is 386 g/mol. The molecule has 1 aliphatic carbocycles. The van der Waals surface area contributed by atoms with Gasteiger partial charge in [0.05, 0.1) is 17.5 Å². The maximum atomic E-state index is 14.2. The van der Waals surface area contributed by atoms with Gasteiger partial charge in [-0.15, -0.1) is 0 Å². The molecule has 3 aliphatic rings. The number of nitrogens with one attached hydrogen (secondary N) is 1. The van der Waals surface area contributed by atoms with Crippen LogP contribution in [0.2, 0.25) is 0 Å². The highest BCUT2D eigenvalue weighted by molar-refractivity contribution is 6.04. The average Bonchev–Trinajstić information content (AvgIpc) is 3.28. The molecule has 3 heterocycles. The van der Waals surface area contributed by atoms with E-state index in [0.29, 0.717) is 30.7 Å². The summed E-state index contributed by atoms with van der Waals surface area (Å²) >= 11 is 0. The Morgan fingerprint density at radius 3 is 2.79 bits per heavy atom. The van der Waals surface area contributed by atoms with Gasteiger partial charge in [0, 0.05) is 31.7 Å². The summed E-state index contributed by atoms with van der Waals surface area (Å²) in [6, 6.07) is 5.57. The van der Waals surface area contributed by atoms with Gasteiger partial charge in [0.2, 0.25) is 0 Å². The van der Waals surface area contributed by atoms with E-state index in [1.54, 1.807) is 12.1 Å². The second kappa shape index (κ2) is 6.81. The van der Waals surface area contributed by atoms with Gasteiger partial charge in [-0.25, -0.2) is 4.39 Å². The smallest absolute Gasteiger partial charge is 0.275 e. The van der Waals surface area contributed by atoms with Crippen molar-refractivity contribution in [3.63, 3.8) is 0 Å². The Morgan fingerprint density at radius 1 is 1.25 bits per heavy atom. The summed E-state index contributed by atoms with van der Waals surface area (Å²) in [5, 5.41) is 16.8. The minimum atomic E-state index is -0.410. The van der Waals surface area contributed by atoms with Gasteiger partial charge in [-0.3, -0.25) is 14.8 Å². The Hall–Kier alpha value is -1.99. The highest BCUT2D eigenvalue weighted by Gasteiger charge is 2.50. The molecule has 2 aromatic rings. The SMILES string of the molecule is O=C(c1n[nH]c2cccc(F)c12)N1CCC2(CCCC2N2CCC2CO)CC1. The van der Waals surface area contributed by atoms with Gasteiger partial charge in [0.1, 0.15) is 5.82 Å². The Bertz CT molecular complexity index is 888. The Kier molecular flexibility index (Phi) is 4.39. The molecule has 2 unspecified atom stereocenters. The summed E-state index contributed by atoms with van der Waals surface area (Å²) < 4.78 is 14.2. The molecule has 2 atom stereocenters. The second-order valence-electron chi connectivity index (χ2n) is 8.66. The Labute approximate surface area is 163 Å². The van der Waals surface area contributed by atoms with Crippen molar-refractivity contribution < 1.29 is 14.3 Å². The van der Waals surface area contributed by atoms with E-state index in [2.05, 4.69) is 15.1 Å². The third-order valence-electron chi connectivity index (χ3n) is 7.45. The molecule has 1 spiro atoms. The Balaban J connectivity index is 1.32. The summed E-state index contributed by atoms with van der Waals surface area (Å²) in [6.07, 6.45) is 6.66. The number of halogens is 1. The van der Waals surface area contributed by atoms with Crippen LogP contribution in [0.5, 0.6) is 0 Å². The highest BCUT2D eigenvalue weighted by atomic mass is 19.1. The standard InChI is InChI=1S/C21H27FN4O2/c22-15-3-1-4-16-18(15)19(24-23-16)20(28)25-11-8-21(9-12-25)7-2-5-17(21)26-10-6-14(26)13-27/h1,3-4,14,17,27H,2,5-13H2,(H,23,24). The van der Waals surface area contributed by atoms with E-state index in [9.17, 15) is 14.3 Å². The molecule has 3 fully saturated rings. The van der Waals surface area contributed by atoms with Crippen LogP contribution < -0.4 is 0 Å². The van der Waals surface area contributed by atoms with Gasteiger partial charge in [-0.05, 0) is 49.7 Å². The number of fused-ring (bicyclic) bond motifs is 1. The van der Waals surface area contributed by atoms with E-state index in [1.165, 1.54) is 25.3 Å². The van der Waals surface area contributed by atoms with E-state index in [0.717, 1.165) is 25.8 Å². The number of H-pyrrole nitrogens is 1. The van der Waals surface area contributed by atoms with Crippen LogP contribution in [0, 0.1) is 11.2 Å². The minimum absolute atomic E-state index is 0.182. The summed E-state index contributed by atoms with van der Waals surface area (Å²) in [5.41, 5.74) is 0.999. The zero-order valence-electron chi connectivity index (χ0n) is 16.0. The number of aromatic amines is 1. The summed E-state index contributed by atoms with van der Waals surface area (Å²) in [5.74, 6) is -0.593. The first kappa shape index (κ1) is 18.1. The number of aromatic nitrogens is 2. The molecular weight excluding hydrogens is 359 g/mol. The van der Waals surface area contributed by atoms with Crippen LogP contribution in [-0.2, 0) is 0 Å². The van der Waals surface area contributed by atoms with Crippen LogP contribution in [0.3, 0.4) is 0 Å². The van der Waals surface area contributed by atoms with E-state index >= 15 is 0 Å². The number of carbonyl (C=O) groups is 1. The van der Waals surface area contributed by atoms with E-state index in [-0.39, 0.29) is 29.0 Å². The maximum absolute atomic E-state index is 14.2. The van der Waals surface area contributed by atoms with Crippen LogP contribution >= 0.6 is 0 Å². The lowest BCUT2D eigenvalue weighted by Gasteiger charge is -2.53. The van der Waals surface area contributed by atoms with Crippen LogP contribution in [0.1, 0.15) is 49.0 Å². The molecule has 0 bridgehead atoms. The lowest BCUT2D eigenvalue weighted by Crippen LogP contribution is -2.60. The van der Waals surface area contributed by atoms with Gasteiger partial charge in [-0.2, -0.15) is 5.10 Å². The van der Waals surface area contributed by atoms with Crippen molar-refractivity contribution in [3.05, 3.63) is 29.7 Å². The number of likely N-dealkylation sites (tertiary alicyclic amines) is 2. The van der Waals surface area contributed by atoms with Gasteiger partial charge < -0.3 is 10.0 Å². The molecule has 1 amide bonds. The molecule has 150 valence electrons. The number of aliphatic hydroxyl groups excluding tert-OH is 1. The van der Waals surface area contributed by atoms with Crippen LogP contribution in [-0.4, -0.2) is 69.3 Å². The molecule has 7 heteroatoms. The number of nitrogens with zero attached hydrogens (tertiary/aromatic N) is 3. The van der Waals surface area contributed by atoms with Gasteiger partial charge in [0.25, 0.3) is 5.91 Å². The average molecular weight is 386 g/mol. The molecule has 2 N–H and O–H groups in total. The van der Waals surface area contributed by atoms with Crippen molar-refractivity contribution in [1.82, 2.24) is 20.0 Å². The molecule has 0 radical (unpaired) electrons. The fraction of sp³-hybridized carbons (Fsp3) is 0.619. The molecule has 2 aliphatic heterocycles. The van der Waals surface area contributed by atoms with Crippen molar-refractivity contribution in [2.75, 3.05) is 26.2 Å². The van der Waals surface area contributed by atoms with Crippen molar-refractivity contribution in [1.29, 1.82) is 0 Å². The van der Waals surface area contributed by atoms with Gasteiger partial charge in [-0.1, -0.05) is 12.5 Å². The molecule has 6 nitrogen and oxygen atoms in total.